The van der Waals surface area contributed by atoms with Crippen LogP contribution in [-0.4, -0.2) is 46.5 Å². The number of hydrogen-bond donors (Lipinski definition) is 1. The number of hydrogen-bond acceptors (Lipinski definition) is 4. The van der Waals surface area contributed by atoms with Crippen molar-refractivity contribution in [1.82, 2.24) is 4.90 Å². The zero-order valence-corrected chi connectivity index (χ0v) is 6.71. The predicted octanol–water partition coefficient (Wildman–Crippen LogP) is -0.198. The smallest absolute Gasteiger partial charge is 0.317 e. The van der Waals surface area contributed by atoms with E-state index >= 15 is 0 Å². The molecule has 4 nitrogen and oxygen atoms in total. The molecule has 0 aromatic carbocycles. The van der Waals surface area contributed by atoms with Gasteiger partial charge in [-0.05, 0) is 0 Å². The van der Waals surface area contributed by atoms with Crippen LogP contribution in [0.15, 0.2) is 0 Å². The zero-order chi connectivity index (χ0) is 7.84. The van der Waals surface area contributed by atoms with Crippen molar-refractivity contribution < 1.29 is 14.6 Å². The first kappa shape index (κ1) is 7.39. The molecule has 0 aromatic rings. The summed E-state index contributed by atoms with van der Waals surface area (Å²) >= 11 is 1.69. The van der Waals surface area contributed by atoms with E-state index in [1.54, 1.807) is 11.8 Å². The van der Waals surface area contributed by atoms with Gasteiger partial charge in [0.2, 0.25) is 0 Å². The summed E-state index contributed by atoms with van der Waals surface area (Å²) < 4.78 is 5.29. The second kappa shape index (κ2) is 2.66. The highest BCUT2D eigenvalue weighted by Crippen LogP contribution is 2.46. The topological polar surface area (TPSA) is 49.8 Å². The Balaban J connectivity index is 1.88. The van der Waals surface area contributed by atoms with Crippen molar-refractivity contribution >= 4 is 17.7 Å². The second-order valence-corrected chi connectivity index (χ2v) is 3.85. The van der Waals surface area contributed by atoms with Crippen LogP contribution in [0.2, 0.25) is 0 Å². The number of nitrogens with zero attached hydrogens (tertiary/aromatic N) is 1. The van der Waals surface area contributed by atoms with Gasteiger partial charge in [-0.3, -0.25) is 9.69 Å². The van der Waals surface area contributed by atoms with E-state index in [9.17, 15) is 4.79 Å². The molecule has 0 spiro atoms. The van der Waals surface area contributed by atoms with E-state index < -0.39 is 5.97 Å². The number of carboxylic acid groups (broad SMARTS) is 1. The molecule has 0 amide bonds. The van der Waals surface area contributed by atoms with Gasteiger partial charge in [-0.15, -0.1) is 11.8 Å². The van der Waals surface area contributed by atoms with E-state index in [4.69, 9.17) is 9.84 Å². The van der Waals surface area contributed by atoms with Crippen molar-refractivity contribution in [3.05, 3.63) is 0 Å². The minimum Gasteiger partial charge on any atom is -0.480 e. The van der Waals surface area contributed by atoms with Gasteiger partial charge >= 0.3 is 5.97 Å². The molecule has 0 radical (unpaired) electrons. The molecule has 2 aliphatic rings. The molecule has 2 heterocycles. The molecular formula is C6H9NO3S. The van der Waals surface area contributed by atoms with Crippen LogP contribution in [0, 0.1) is 0 Å². The first-order chi connectivity index (χ1) is 5.27. The summed E-state index contributed by atoms with van der Waals surface area (Å²) in [5.74, 6) is -0.752. The van der Waals surface area contributed by atoms with Crippen LogP contribution in [0.1, 0.15) is 0 Å². The molecule has 62 valence electrons. The number of morpholine rings is 1. The van der Waals surface area contributed by atoms with Crippen LogP contribution in [0.3, 0.4) is 0 Å². The van der Waals surface area contributed by atoms with Gasteiger partial charge in [0.25, 0.3) is 0 Å². The van der Waals surface area contributed by atoms with Crippen LogP contribution >= 0.6 is 11.8 Å². The summed E-state index contributed by atoms with van der Waals surface area (Å²) in [7, 11) is 0. The summed E-state index contributed by atoms with van der Waals surface area (Å²) in [5, 5.41) is 8.83. The minimum absolute atomic E-state index is 0.150. The third kappa shape index (κ3) is 1.50. The summed E-state index contributed by atoms with van der Waals surface area (Å²) in [4.78, 5) is 12.3. The molecule has 0 saturated carbocycles. The van der Waals surface area contributed by atoms with Crippen molar-refractivity contribution in [1.29, 1.82) is 0 Å². The number of fused-ring (bicyclic) bond motifs is 1. The SMILES string of the molecule is O=C(O)CN1CCOC2SC21. The number of carboxylic acids is 1. The van der Waals surface area contributed by atoms with Crippen LogP contribution in [-0.2, 0) is 9.53 Å². The first-order valence-electron chi connectivity index (χ1n) is 3.50. The minimum atomic E-state index is -0.752. The highest BCUT2D eigenvalue weighted by molar-refractivity contribution is 8.07. The molecular weight excluding hydrogens is 166 g/mol. The number of thioether (sulfide) groups is 1. The van der Waals surface area contributed by atoms with E-state index in [-0.39, 0.29) is 12.0 Å². The Labute approximate surface area is 68.5 Å². The molecule has 5 heteroatoms. The highest BCUT2D eigenvalue weighted by atomic mass is 32.2. The van der Waals surface area contributed by atoms with Gasteiger partial charge in [-0.25, -0.2) is 0 Å². The molecule has 2 fully saturated rings. The Morgan fingerprint density at radius 3 is 3.36 bits per heavy atom. The Morgan fingerprint density at radius 2 is 2.64 bits per heavy atom. The lowest BCUT2D eigenvalue weighted by Crippen LogP contribution is -2.39. The van der Waals surface area contributed by atoms with E-state index in [1.807, 2.05) is 4.90 Å². The standard InChI is InChI=1S/C6H9NO3S/c8-4(9)3-7-1-2-10-6-5(7)11-6/h5-6H,1-3H2,(H,8,9). The summed E-state index contributed by atoms with van der Waals surface area (Å²) in [5.41, 5.74) is 0.253. The normalized spacial score (nSPS) is 36.4. The predicted molar refractivity (Wildman–Crippen MR) is 40.3 cm³/mol. The maximum atomic E-state index is 10.3. The van der Waals surface area contributed by atoms with Gasteiger partial charge in [0.05, 0.1) is 18.5 Å². The largest absolute Gasteiger partial charge is 0.480 e. The quantitative estimate of drug-likeness (QED) is 0.589. The lowest BCUT2D eigenvalue weighted by molar-refractivity contribution is -0.139. The Hall–Kier alpha value is -0.260. The maximum Gasteiger partial charge on any atom is 0.317 e. The average molecular weight is 175 g/mol. The van der Waals surface area contributed by atoms with Gasteiger partial charge in [-0.2, -0.15) is 0 Å². The second-order valence-electron chi connectivity index (χ2n) is 2.63. The zero-order valence-electron chi connectivity index (χ0n) is 5.90. The Morgan fingerprint density at radius 1 is 1.82 bits per heavy atom. The molecule has 2 unspecified atom stereocenters. The van der Waals surface area contributed by atoms with Crippen LogP contribution in [0.4, 0.5) is 0 Å². The lowest BCUT2D eigenvalue weighted by atomic mass is 10.4. The van der Waals surface area contributed by atoms with Crippen LogP contribution in [0.25, 0.3) is 0 Å². The summed E-state index contributed by atoms with van der Waals surface area (Å²) in [6.07, 6.45) is 0. The first-order valence-corrected chi connectivity index (χ1v) is 4.44. The van der Waals surface area contributed by atoms with Crippen molar-refractivity contribution in [2.45, 2.75) is 10.8 Å². The Bertz CT molecular complexity index is 187. The van der Waals surface area contributed by atoms with E-state index in [0.717, 1.165) is 6.54 Å². The fourth-order valence-corrected chi connectivity index (χ4v) is 2.19. The summed E-state index contributed by atoms with van der Waals surface area (Å²) in [6, 6.07) is 0. The Kier molecular flexibility index (Phi) is 1.78. The van der Waals surface area contributed by atoms with Gasteiger partial charge < -0.3 is 9.84 Å². The van der Waals surface area contributed by atoms with Crippen molar-refractivity contribution in [3.8, 4) is 0 Å². The van der Waals surface area contributed by atoms with Crippen LogP contribution < -0.4 is 0 Å². The van der Waals surface area contributed by atoms with Crippen molar-refractivity contribution in [3.63, 3.8) is 0 Å². The fraction of sp³-hybridized carbons (Fsp3) is 0.833. The molecule has 0 aliphatic carbocycles. The maximum absolute atomic E-state index is 10.3. The monoisotopic (exact) mass is 175 g/mol. The van der Waals surface area contributed by atoms with Gasteiger partial charge in [0.15, 0.2) is 0 Å². The van der Waals surface area contributed by atoms with E-state index in [2.05, 4.69) is 0 Å². The lowest BCUT2D eigenvalue weighted by Gasteiger charge is -2.22. The molecule has 2 saturated heterocycles. The van der Waals surface area contributed by atoms with Crippen LogP contribution in [0.5, 0.6) is 0 Å². The van der Waals surface area contributed by atoms with Gasteiger partial charge in [-0.1, -0.05) is 0 Å². The molecule has 11 heavy (non-hydrogen) atoms. The van der Waals surface area contributed by atoms with E-state index in [1.165, 1.54) is 0 Å². The fourth-order valence-electron chi connectivity index (χ4n) is 1.23. The number of rotatable bonds is 2. The average Bonchev–Trinajstić information content (AvgIpc) is 2.65. The third-order valence-electron chi connectivity index (χ3n) is 1.79. The molecule has 1 N–H and O–H groups in total. The highest BCUT2D eigenvalue weighted by Gasteiger charge is 2.47. The molecule has 2 rings (SSSR count). The summed E-state index contributed by atoms with van der Waals surface area (Å²) in [6.45, 7) is 1.57. The molecule has 0 aromatic heterocycles. The molecule has 2 aliphatic heterocycles. The van der Waals surface area contributed by atoms with Gasteiger partial charge in [0, 0.05) is 6.54 Å². The van der Waals surface area contributed by atoms with E-state index in [0.29, 0.717) is 12.0 Å². The number of aliphatic carboxylic acids is 1. The molecule has 0 bridgehead atoms. The van der Waals surface area contributed by atoms with Crippen molar-refractivity contribution in [2.24, 2.45) is 0 Å². The van der Waals surface area contributed by atoms with Crippen molar-refractivity contribution in [2.75, 3.05) is 19.7 Å². The molecule has 2 atom stereocenters. The number of carbonyl (C=O) groups is 1. The van der Waals surface area contributed by atoms with Gasteiger partial charge in [0.1, 0.15) is 5.44 Å². The number of ether oxygens (including phenoxy) is 1. The third-order valence-corrected chi connectivity index (χ3v) is 2.96.